The van der Waals surface area contributed by atoms with Crippen LogP contribution < -0.4 is 10.2 Å². The minimum absolute atomic E-state index is 0.168. The Labute approximate surface area is 211 Å². The molecule has 0 radical (unpaired) electrons. The van der Waals surface area contributed by atoms with Gasteiger partial charge in [0.1, 0.15) is 17.5 Å². The van der Waals surface area contributed by atoms with Gasteiger partial charge in [-0.1, -0.05) is 38.1 Å². The van der Waals surface area contributed by atoms with Crippen molar-refractivity contribution in [1.82, 2.24) is 5.32 Å². The molecule has 9 nitrogen and oxygen atoms in total. The maximum absolute atomic E-state index is 14.9. The molecule has 196 valence electrons. The van der Waals surface area contributed by atoms with Crippen LogP contribution in [0.3, 0.4) is 0 Å². The second-order valence-corrected chi connectivity index (χ2v) is 9.53. The van der Waals surface area contributed by atoms with Gasteiger partial charge in [0.15, 0.2) is 0 Å². The van der Waals surface area contributed by atoms with Crippen LogP contribution in [-0.2, 0) is 20.1 Å². The fourth-order valence-corrected chi connectivity index (χ4v) is 3.62. The molecule has 2 aromatic carbocycles. The second-order valence-electron chi connectivity index (χ2n) is 9.12. The number of cyclic esters (lactones) is 1. The number of anilines is 1. The van der Waals surface area contributed by atoms with Crippen LogP contribution in [0.15, 0.2) is 42.5 Å². The highest BCUT2D eigenvalue weighted by molar-refractivity contribution is 7.59. The summed E-state index contributed by atoms with van der Waals surface area (Å²) in [5.41, 5.74) is 1.97. The minimum atomic E-state index is -3.11. The third-order valence-electron chi connectivity index (χ3n) is 5.32. The number of hydrogen-bond donors (Lipinski definition) is 1. The van der Waals surface area contributed by atoms with Crippen molar-refractivity contribution in [1.29, 1.82) is 0 Å². The lowest BCUT2D eigenvalue weighted by Crippen LogP contribution is -2.34. The summed E-state index contributed by atoms with van der Waals surface area (Å²) in [6.07, 6.45) is 0.319. The van der Waals surface area contributed by atoms with Gasteiger partial charge >= 0.3 is 22.8 Å². The molecular weight excluding hydrogens is 491 g/mol. The fraction of sp³-hybridized carbons (Fsp3) is 0.440. The molecule has 1 aliphatic heterocycles. The van der Waals surface area contributed by atoms with E-state index in [1.165, 1.54) is 11.0 Å². The summed E-state index contributed by atoms with van der Waals surface area (Å²) in [6.45, 7) is 9.79. The Balaban J connectivity index is 0.00000106. The van der Waals surface area contributed by atoms with E-state index in [9.17, 15) is 14.0 Å². The van der Waals surface area contributed by atoms with Crippen LogP contribution in [0.2, 0.25) is 0 Å². The van der Waals surface area contributed by atoms with E-state index in [0.717, 1.165) is 12.0 Å². The molecule has 0 bridgehead atoms. The van der Waals surface area contributed by atoms with E-state index in [-0.39, 0.29) is 12.1 Å². The van der Waals surface area contributed by atoms with Crippen molar-refractivity contribution in [2.24, 2.45) is 0 Å². The van der Waals surface area contributed by atoms with Gasteiger partial charge in [-0.15, -0.1) is 12.6 Å². The Morgan fingerprint density at radius 3 is 2.25 bits per heavy atom. The predicted molar refractivity (Wildman–Crippen MR) is 132 cm³/mol. The fourth-order valence-electron chi connectivity index (χ4n) is 3.62. The maximum Gasteiger partial charge on any atom is 0.425 e. The van der Waals surface area contributed by atoms with Crippen molar-refractivity contribution in [2.45, 2.75) is 65.2 Å². The molecule has 0 saturated carbocycles. The van der Waals surface area contributed by atoms with Gasteiger partial charge in [0.25, 0.3) is 0 Å². The first-order valence-corrected chi connectivity index (χ1v) is 12.5. The normalized spacial score (nSPS) is 15.9. The molecule has 0 aliphatic carbocycles. The Morgan fingerprint density at radius 2 is 1.78 bits per heavy atom. The number of ether oxygens (including phenoxy) is 2. The lowest BCUT2D eigenvalue weighted by atomic mass is 9.99. The monoisotopic (exact) mass is 522 g/mol. The SMILES string of the molecule is CC[C@H]1CN(c2ccc(-c3ccc([C@H](CC)NC(=O)OC(C)(C)C)cc3)c(F)c2)C(=O)O1.O=S(=O)=O. The maximum atomic E-state index is 14.9. The smallest absolute Gasteiger partial charge is 0.425 e. The first-order valence-electron chi connectivity index (χ1n) is 11.5. The van der Waals surface area contributed by atoms with Crippen LogP contribution in [0.25, 0.3) is 11.1 Å². The van der Waals surface area contributed by atoms with E-state index < -0.39 is 34.2 Å². The molecule has 2 amide bonds. The van der Waals surface area contributed by atoms with Gasteiger partial charge in [0, 0.05) is 5.56 Å². The zero-order valence-electron chi connectivity index (χ0n) is 20.9. The van der Waals surface area contributed by atoms with Crippen molar-refractivity contribution in [3.05, 3.63) is 53.8 Å². The highest BCUT2D eigenvalue weighted by atomic mass is 32.2. The molecule has 2 atom stereocenters. The summed E-state index contributed by atoms with van der Waals surface area (Å²) in [5, 5.41) is 2.88. The average Bonchev–Trinajstić information content (AvgIpc) is 3.17. The highest BCUT2D eigenvalue weighted by Crippen LogP contribution is 2.30. The molecule has 0 unspecified atom stereocenters. The molecule has 0 spiro atoms. The van der Waals surface area contributed by atoms with Crippen LogP contribution in [-0.4, -0.2) is 43.1 Å². The molecule has 1 heterocycles. The largest absolute Gasteiger partial charge is 0.444 e. The summed E-state index contributed by atoms with van der Waals surface area (Å²) in [4.78, 5) is 25.6. The lowest BCUT2D eigenvalue weighted by molar-refractivity contribution is 0.0502. The summed E-state index contributed by atoms with van der Waals surface area (Å²) >= 11 is 0. The predicted octanol–water partition coefficient (Wildman–Crippen LogP) is 5.20. The number of carbonyl (C=O) groups excluding carboxylic acids is 2. The summed E-state index contributed by atoms with van der Waals surface area (Å²) < 4.78 is 50.8. The van der Waals surface area contributed by atoms with E-state index in [0.29, 0.717) is 29.8 Å². The number of nitrogens with one attached hydrogen (secondary N) is 1. The second kappa shape index (κ2) is 12.5. The van der Waals surface area contributed by atoms with Gasteiger partial charge in [0.05, 0.1) is 18.3 Å². The number of rotatable bonds is 6. The zero-order chi connectivity index (χ0) is 27.0. The van der Waals surface area contributed by atoms with Crippen LogP contribution in [0, 0.1) is 5.82 Å². The first-order chi connectivity index (χ1) is 16.8. The van der Waals surface area contributed by atoms with Gasteiger partial charge in [-0.05, 0) is 62.9 Å². The molecule has 11 heteroatoms. The Morgan fingerprint density at radius 1 is 1.17 bits per heavy atom. The lowest BCUT2D eigenvalue weighted by Gasteiger charge is -2.23. The molecular formula is C25H31FN2O7S. The van der Waals surface area contributed by atoms with Gasteiger partial charge in [-0.2, -0.15) is 0 Å². The van der Waals surface area contributed by atoms with E-state index in [1.54, 1.807) is 12.1 Å². The van der Waals surface area contributed by atoms with Crippen LogP contribution in [0.4, 0.5) is 19.7 Å². The molecule has 36 heavy (non-hydrogen) atoms. The van der Waals surface area contributed by atoms with E-state index in [1.807, 2.05) is 58.9 Å². The molecule has 1 aliphatic rings. The molecule has 1 fully saturated rings. The number of halogens is 1. The molecule has 1 N–H and O–H groups in total. The molecule has 2 aromatic rings. The topological polar surface area (TPSA) is 119 Å². The van der Waals surface area contributed by atoms with Crippen LogP contribution in [0.1, 0.15) is 59.1 Å². The molecule has 3 rings (SSSR count). The van der Waals surface area contributed by atoms with Crippen molar-refractivity contribution >= 4 is 28.5 Å². The number of benzene rings is 2. The van der Waals surface area contributed by atoms with Crippen molar-refractivity contribution < 1.29 is 36.1 Å². The molecule has 0 aromatic heterocycles. The van der Waals surface area contributed by atoms with Gasteiger partial charge in [-0.25, -0.2) is 14.0 Å². The van der Waals surface area contributed by atoms with Crippen molar-refractivity contribution in [2.75, 3.05) is 11.4 Å². The van der Waals surface area contributed by atoms with E-state index in [2.05, 4.69) is 5.32 Å². The standard InChI is InChI=1S/C25H31FN2O4.O3S/c1-6-19-15-28(24(30)31-19)18-12-13-20(21(26)14-18)16-8-10-17(11-9-16)22(7-2)27-23(29)32-25(3,4)5;1-4(2)3/h8-14,19,22H,6-7,15H2,1-5H3,(H,27,29);/t19-,22-;/m0./s1. The zero-order valence-corrected chi connectivity index (χ0v) is 21.7. The number of nitrogens with zero attached hydrogens (tertiary/aromatic N) is 1. The van der Waals surface area contributed by atoms with Gasteiger partial charge in [0.2, 0.25) is 0 Å². The van der Waals surface area contributed by atoms with E-state index >= 15 is 0 Å². The van der Waals surface area contributed by atoms with E-state index in [4.69, 9.17) is 22.1 Å². The van der Waals surface area contributed by atoms with Crippen molar-refractivity contribution in [3.63, 3.8) is 0 Å². The van der Waals surface area contributed by atoms with Gasteiger partial charge < -0.3 is 14.8 Å². The molecule has 1 saturated heterocycles. The van der Waals surface area contributed by atoms with Crippen LogP contribution >= 0.6 is 0 Å². The number of hydrogen-bond acceptors (Lipinski definition) is 7. The number of amides is 2. The third kappa shape index (κ3) is 8.33. The van der Waals surface area contributed by atoms with Crippen LogP contribution in [0.5, 0.6) is 0 Å². The Bertz CT molecular complexity index is 1170. The summed E-state index contributed by atoms with van der Waals surface area (Å²) in [6, 6.07) is 11.9. The highest BCUT2D eigenvalue weighted by Gasteiger charge is 2.31. The Hall–Kier alpha value is -3.47. The average molecular weight is 523 g/mol. The first kappa shape index (κ1) is 28.8. The minimum Gasteiger partial charge on any atom is -0.444 e. The van der Waals surface area contributed by atoms with Gasteiger partial charge in [-0.3, -0.25) is 4.90 Å². The Kier molecular flexibility index (Phi) is 9.97. The van der Waals surface area contributed by atoms with Crippen molar-refractivity contribution in [3.8, 4) is 11.1 Å². The summed E-state index contributed by atoms with van der Waals surface area (Å²) in [5.74, 6) is -0.415. The third-order valence-corrected chi connectivity index (χ3v) is 5.32. The summed E-state index contributed by atoms with van der Waals surface area (Å²) in [7, 11) is -3.11. The number of carbonyl (C=O) groups is 2. The quantitative estimate of drug-likeness (QED) is 0.554. The number of alkyl carbamates (subject to hydrolysis) is 1.